The van der Waals surface area contributed by atoms with Gasteiger partial charge < -0.3 is 35.8 Å². The number of pyridine rings is 3. The average molecular weight is 1260 g/mol. The molecule has 22 nitrogen and oxygen atoms in total. The van der Waals surface area contributed by atoms with Crippen LogP contribution in [0.25, 0.3) is 0 Å². The van der Waals surface area contributed by atoms with Gasteiger partial charge >= 0.3 is 5.97 Å². The van der Waals surface area contributed by atoms with Crippen LogP contribution in [0, 0.1) is 0 Å². The third kappa shape index (κ3) is 12.3. The SMILES string of the molecule is CC(=O)c1cc2c3c(c1)C(c1ccccc1)=NC(NC(=O)c1ccncc1)C(=O)N3CC2.O=C(O)c1cc2c3c(c1)C(c1ccccc1)=NC(NC(=O)c1ccncc1)C(=O)N3CC2.O=Cc1cc2c3c(c1)C(c1ccccc1)=NC(NC(=O)c1ccncc1)C(=O)N3CC2. The van der Waals surface area contributed by atoms with Crippen molar-refractivity contribution in [2.24, 2.45) is 15.0 Å². The summed E-state index contributed by atoms with van der Waals surface area (Å²) in [6.45, 7) is 2.87. The van der Waals surface area contributed by atoms with Gasteiger partial charge in [-0.2, -0.15) is 0 Å². The van der Waals surface area contributed by atoms with E-state index in [0.717, 1.165) is 62.2 Å². The number of aldehydes is 1. The molecule has 15 rings (SSSR count). The van der Waals surface area contributed by atoms with Crippen molar-refractivity contribution >= 4 is 87.7 Å². The van der Waals surface area contributed by atoms with E-state index >= 15 is 0 Å². The van der Waals surface area contributed by atoms with Gasteiger partial charge in [0.25, 0.3) is 35.4 Å². The van der Waals surface area contributed by atoms with Crippen molar-refractivity contribution in [3.63, 3.8) is 0 Å². The van der Waals surface area contributed by atoms with Gasteiger partial charge in [-0.3, -0.25) is 53.3 Å². The Morgan fingerprint density at radius 2 is 0.737 bits per heavy atom. The zero-order chi connectivity index (χ0) is 65.9. The number of carboxylic acids is 1. The van der Waals surface area contributed by atoms with Crippen molar-refractivity contribution in [1.82, 2.24) is 30.9 Å². The van der Waals surface area contributed by atoms with E-state index in [1.807, 2.05) is 103 Å². The fourth-order valence-corrected chi connectivity index (χ4v) is 12.4. The molecule has 4 N–H and O–H groups in total. The van der Waals surface area contributed by atoms with E-state index in [2.05, 4.69) is 35.9 Å². The summed E-state index contributed by atoms with van der Waals surface area (Å²) < 4.78 is 0. The number of rotatable bonds is 12. The summed E-state index contributed by atoms with van der Waals surface area (Å²) in [6.07, 6.45) is 8.36. The van der Waals surface area contributed by atoms with Gasteiger partial charge in [-0.25, -0.2) is 19.8 Å². The maximum absolute atomic E-state index is 13.5. The molecular weight excluding hydrogens is 1200 g/mol. The monoisotopic (exact) mass is 1260 g/mol. The van der Waals surface area contributed by atoms with Crippen molar-refractivity contribution in [3.05, 3.63) is 284 Å². The fourth-order valence-electron chi connectivity index (χ4n) is 12.4. The van der Waals surface area contributed by atoms with Crippen LogP contribution in [0.5, 0.6) is 0 Å². The normalized spacial score (nSPS) is 16.8. The molecule has 6 amide bonds. The summed E-state index contributed by atoms with van der Waals surface area (Å²) in [5, 5.41) is 17.9. The Labute approximate surface area is 542 Å². The van der Waals surface area contributed by atoms with Crippen LogP contribution in [0.1, 0.15) is 119 Å². The minimum Gasteiger partial charge on any atom is -0.478 e. The smallest absolute Gasteiger partial charge is 0.335 e. The third-order valence-electron chi connectivity index (χ3n) is 16.8. The lowest BCUT2D eigenvalue weighted by atomic mass is 9.94. The van der Waals surface area contributed by atoms with Crippen LogP contribution in [0.3, 0.4) is 0 Å². The number of anilines is 3. The van der Waals surface area contributed by atoms with E-state index in [9.17, 15) is 48.3 Å². The Morgan fingerprint density at radius 1 is 0.421 bits per heavy atom. The molecule has 3 aromatic heterocycles. The molecule has 0 bridgehead atoms. The van der Waals surface area contributed by atoms with Crippen LogP contribution in [-0.4, -0.2) is 129 Å². The minimum atomic E-state index is -1.16. The molecule has 6 aromatic carbocycles. The van der Waals surface area contributed by atoms with Gasteiger partial charge in [-0.1, -0.05) is 91.0 Å². The Hall–Kier alpha value is -12.6. The van der Waals surface area contributed by atoms with Crippen LogP contribution in [0.2, 0.25) is 0 Å². The van der Waals surface area contributed by atoms with Gasteiger partial charge in [0, 0.05) is 118 Å². The summed E-state index contributed by atoms with van der Waals surface area (Å²) in [5.41, 5.74) is 13.2. The summed E-state index contributed by atoms with van der Waals surface area (Å²) in [5.74, 6) is -3.31. The number of Topliss-reactive ketones (excluding diaryl/α,β-unsaturated/α-hetero) is 1. The summed E-state index contributed by atoms with van der Waals surface area (Å²) >= 11 is 0. The topological polar surface area (TPSA) is 295 Å². The second kappa shape index (κ2) is 26.3. The van der Waals surface area contributed by atoms with Gasteiger partial charge in [0.05, 0.1) is 39.8 Å². The first-order valence-electron chi connectivity index (χ1n) is 30.4. The van der Waals surface area contributed by atoms with E-state index in [0.29, 0.717) is 95.1 Å². The maximum atomic E-state index is 13.5. The van der Waals surface area contributed by atoms with Crippen molar-refractivity contribution in [1.29, 1.82) is 0 Å². The number of aromatic nitrogens is 3. The largest absolute Gasteiger partial charge is 0.478 e. The Kier molecular flexibility index (Phi) is 17.0. The first-order chi connectivity index (χ1) is 46.2. The van der Waals surface area contributed by atoms with Gasteiger partial charge in [-0.15, -0.1) is 0 Å². The number of carboxylic acid groups (broad SMARTS) is 1. The fraction of sp³-hybridized carbons (Fsp3) is 0.137. The lowest BCUT2D eigenvalue weighted by Gasteiger charge is -2.21. The molecule has 3 unspecified atom stereocenters. The minimum absolute atomic E-state index is 0.0481. The quantitative estimate of drug-likeness (QED) is 0.0684. The highest BCUT2D eigenvalue weighted by atomic mass is 16.4. The number of hydrogen-bond acceptors (Lipinski definition) is 15. The number of aromatic carboxylic acids is 1. The number of carbonyl (C=O) groups excluding carboxylic acids is 8. The number of nitrogens with zero attached hydrogens (tertiary/aromatic N) is 9. The molecule has 22 heteroatoms. The molecule has 0 fully saturated rings. The lowest BCUT2D eigenvalue weighted by Crippen LogP contribution is -2.47. The second-order valence-electron chi connectivity index (χ2n) is 22.7. The second-order valence-corrected chi connectivity index (χ2v) is 22.7. The highest BCUT2D eigenvalue weighted by Crippen LogP contribution is 2.41. The first kappa shape index (κ1) is 61.3. The molecule has 6 aliphatic rings. The molecule has 95 heavy (non-hydrogen) atoms. The molecule has 9 heterocycles. The van der Waals surface area contributed by atoms with Gasteiger partial charge in [0.1, 0.15) is 6.29 Å². The van der Waals surface area contributed by atoms with Crippen LogP contribution < -0.4 is 30.7 Å². The Morgan fingerprint density at radius 3 is 1.06 bits per heavy atom. The van der Waals surface area contributed by atoms with Crippen molar-refractivity contribution in [2.75, 3.05) is 34.3 Å². The summed E-state index contributed by atoms with van der Waals surface area (Å²) in [7, 11) is 0. The molecule has 3 atom stereocenters. The van der Waals surface area contributed by atoms with Crippen LogP contribution in [-0.2, 0) is 33.6 Å². The molecule has 0 saturated carbocycles. The van der Waals surface area contributed by atoms with Crippen molar-refractivity contribution in [3.8, 4) is 0 Å². The van der Waals surface area contributed by atoms with Crippen molar-refractivity contribution < 1.29 is 48.3 Å². The van der Waals surface area contributed by atoms with Gasteiger partial charge in [0.2, 0.25) is 18.5 Å². The molecule has 468 valence electrons. The number of nitrogens with one attached hydrogen (secondary N) is 3. The van der Waals surface area contributed by atoms with Crippen LogP contribution in [0.4, 0.5) is 17.1 Å². The van der Waals surface area contributed by atoms with E-state index in [1.54, 1.807) is 75.4 Å². The summed E-state index contributed by atoms with van der Waals surface area (Å²) in [4.78, 5) is 145. The average Bonchev–Trinajstić information content (AvgIpc) is 1.63. The highest BCUT2D eigenvalue weighted by molar-refractivity contribution is 6.24. The van der Waals surface area contributed by atoms with E-state index < -0.39 is 42.2 Å². The Bertz CT molecular complexity index is 4510. The molecular formula is C73H56N12O10. The van der Waals surface area contributed by atoms with Crippen molar-refractivity contribution in [2.45, 2.75) is 44.7 Å². The first-order valence-corrected chi connectivity index (χ1v) is 30.4. The lowest BCUT2D eigenvalue weighted by molar-refractivity contribution is -0.120. The number of ketones is 1. The Balaban J connectivity index is 0.000000129. The van der Waals surface area contributed by atoms with Gasteiger partial charge in [-0.05, 0) is 116 Å². The van der Waals surface area contributed by atoms with E-state index in [4.69, 9.17) is 9.98 Å². The molecule has 9 aromatic rings. The number of benzene rings is 6. The number of hydrogen-bond donors (Lipinski definition) is 4. The van der Waals surface area contributed by atoms with Gasteiger partial charge in [0.15, 0.2) is 5.78 Å². The van der Waals surface area contributed by atoms with E-state index in [1.165, 1.54) is 44.1 Å². The zero-order valence-corrected chi connectivity index (χ0v) is 50.8. The number of amides is 6. The molecule has 0 radical (unpaired) electrons. The zero-order valence-electron chi connectivity index (χ0n) is 50.8. The molecule has 6 aliphatic heterocycles. The van der Waals surface area contributed by atoms with E-state index in [-0.39, 0.29) is 29.1 Å². The molecule has 0 saturated heterocycles. The molecule has 0 aliphatic carbocycles. The predicted molar refractivity (Wildman–Crippen MR) is 353 cm³/mol. The van der Waals surface area contributed by atoms with Crippen LogP contribution >= 0.6 is 0 Å². The predicted octanol–water partition coefficient (Wildman–Crippen LogP) is 7.45. The van der Waals surface area contributed by atoms with Crippen LogP contribution in [0.15, 0.2) is 216 Å². The maximum Gasteiger partial charge on any atom is 0.335 e. The summed E-state index contributed by atoms with van der Waals surface area (Å²) in [6, 6.07) is 48.0. The number of carbonyl (C=O) groups is 9. The molecule has 0 spiro atoms. The standard InChI is InChI=1S/C25H20N4O3.C24H18N4O4.C24H18N4O3/c1-15(30)19-13-18-9-12-29-22(18)20(14-19)21(16-5-3-2-4-6-16)27-23(25(29)32)28-24(31)17-7-10-26-11-8-17;29-22(15-6-9-25-10-7-15)27-21-23(30)28-11-8-16-12-17(24(31)32)13-18(20(16)28)19(26-21)14-4-2-1-3-5-14;29-14-15-12-18-8-11-28-21(18)19(13-15)20(16-4-2-1-3-5-16)26-22(24(28)31)27-23(30)17-6-9-25-10-7-17/h2-8,10-11,13-14,23H,9,12H2,1H3,(H,28,31);1-7,9-10,12-13,21H,8,11H2,(H,27,29)(H,31,32);1-7,9-10,12-14,22H,8,11H2,(H,27,30). The third-order valence-corrected chi connectivity index (χ3v) is 16.8. The highest BCUT2D eigenvalue weighted by Gasteiger charge is 2.41. The number of aliphatic imine (C=N–C) groups is 3.